The van der Waals surface area contributed by atoms with Crippen molar-refractivity contribution in [3.8, 4) is 27.2 Å². The number of sulfone groups is 1. The first kappa shape index (κ1) is 28.1. The molecule has 1 saturated carbocycles. The number of aromatic nitrogens is 2. The maximum atomic E-state index is 14.8. The number of rotatable bonds is 6. The van der Waals surface area contributed by atoms with Gasteiger partial charge in [0, 0.05) is 24.7 Å². The van der Waals surface area contributed by atoms with E-state index < -0.39 is 45.0 Å². The Kier molecular flexibility index (Phi) is 7.63. The number of nitrogens with zero attached hydrogens (tertiary/aromatic N) is 4. The van der Waals surface area contributed by atoms with Gasteiger partial charge in [0.2, 0.25) is 5.91 Å². The third kappa shape index (κ3) is 5.20. The first-order valence-corrected chi connectivity index (χ1v) is 15.7. The molecule has 1 aliphatic heterocycles. The average molecular weight is 586 g/mol. The molecule has 3 unspecified atom stereocenters. The van der Waals surface area contributed by atoms with E-state index in [0.29, 0.717) is 29.5 Å². The van der Waals surface area contributed by atoms with Gasteiger partial charge in [-0.05, 0) is 56.0 Å². The van der Waals surface area contributed by atoms with Crippen LogP contribution in [0.2, 0.25) is 0 Å². The molecule has 0 bridgehead atoms. The third-order valence-corrected chi connectivity index (χ3v) is 10.9. The van der Waals surface area contributed by atoms with Crippen LogP contribution in [0.15, 0.2) is 42.6 Å². The molecule has 2 N–H and O–H groups in total. The number of carbonyl (C=O) groups is 1. The number of pyridine rings is 1. The number of thiazole rings is 1. The molecule has 40 heavy (non-hydrogen) atoms. The molecule has 3 heterocycles. The normalized spacial score (nSPS) is 25.2. The number of hydrogen-bond acceptors (Lipinski definition) is 8. The fourth-order valence-corrected chi connectivity index (χ4v) is 8.17. The monoisotopic (exact) mass is 585 g/mol. The standard InChI is InChI=1S/C28H29F2N5O3S2/c1-17(15-31)28(27(32)36)14-19(29)4-8-22(28)24-25(39-26(34-24)23-9-5-20(30)16-33-23)18-2-6-21(7-3-18)35-10-12-40(37,38)13-11-35/h2-3,5-7,9,16-17,19,22H,4,8,10-14H2,1H3,(H2,32,36)/t17-,19?,22?,28?/m0/s1. The number of nitriles is 1. The third-order valence-electron chi connectivity index (χ3n) is 8.14. The molecule has 8 nitrogen and oxygen atoms in total. The van der Waals surface area contributed by atoms with E-state index in [0.717, 1.165) is 22.3 Å². The molecule has 1 aromatic carbocycles. The van der Waals surface area contributed by atoms with Crippen molar-refractivity contribution in [3.63, 3.8) is 0 Å². The zero-order valence-corrected chi connectivity index (χ0v) is 23.5. The van der Waals surface area contributed by atoms with Gasteiger partial charge in [-0.25, -0.2) is 22.2 Å². The molecule has 0 spiro atoms. The lowest BCUT2D eigenvalue weighted by Crippen LogP contribution is -2.50. The highest BCUT2D eigenvalue weighted by Crippen LogP contribution is 2.55. The van der Waals surface area contributed by atoms with Crippen molar-refractivity contribution in [2.24, 2.45) is 17.1 Å². The van der Waals surface area contributed by atoms with Gasteiger partial charge in [-0.2, -0.15) is 5.26 Å². The molecule has 2 aromatic heterocycles. The molecule has 1 aliphatic carbocycles. The molecular weight excluding hydrogens is 556 g/mol. The highest BCUT2D eigenvalue weighted by Gasteiger charge is 2.54. The first-order valence-electron chi connectivity index (χ1n) is 13.1. The highest BCUT2D eigenvalue weighted by molar-refractivity contribution is 7.91. The summed E-state index contributed by atoms with van der Waals surface area (Å²) in [5.41, 5.74) is 7.13. The van der Waals surface area contributed by atoms with Crippen LogP contribution >= 0.6 is 11.3 Å². The maximum absolute atomic E-state index is 14.8. The Bertz CT molecular complexity index is 1540. The fraction of sp³-hybridized carbons (Fsp3) is 0.429. The van der Waals surface area contributed by atoms with E-state index in [1.165, 1.54) is 23.5 Å². The van der Waals surface area contributed by atoms with Gasteiger partial charge in [0.1, 0.15) is 17.0 Å². The average Bonchev–Trinajstić information content (AvgIpc) is 3.38. The molecule has 210 valence electrons. The van der Waals surface area contributed by atoms with Crippen LogP contribution in [0.4, 0.5) is 14.5 Å². The lowest BCUT2D eigenvalue weighted by molar-refractivity contribution is -0.135. The topological polar surface area (TPSA) is 130 Å². The predicted octanol–water partition coefficient (Wildman–Crippen LogP) is 4.48. The second-order valence-electron chi connectivity index (χ2n) is 10.5. The number of halogens is 2. The number of benzene rings is 1. The molecule has 2 aliphatic rings. The number of anilines is 1. The van der Waals surface area contributed by atoms with E-state index in [-0.39, 0.29) is 30.8 Å². The molecule has 2 fully saturated rings. The quantitative estimate of drug-likeness (QED) is 0.451. The summed E-state index contributed by atoms with van der Waals surface area (Å²) in [5.74, 6) is -2.48. The number of carbonyl (C=O) groups excluding carboxylic acids is 1. The second-order valence-corrected chi connectivity index (χ2v) is 13.8. The molecule has 1 amide bonds. The van der Waals surface area contributed by atoms with Crippen molar-refractivity contribution in [1.82, 2.24) is 9.97 Å². The minimum Gasteiger partial charge on any atom is -0.369 e. The first-order chi connectivity index (χ1) is 19.0. The van der Waals surface area contributed by atoms with Gasteiger partial charge in [-0.1, -0.05) is 12.1 Å². The zero-order chi connectivity index (χ0) is 28.7. The van der Waals surface area contributed by atoms with Crippen LogP contribution in [0.1, 0.15) is 37.8 Å². The van der Waals surface area contributed by atoms with Crippen LogP contribution in [0.3, 0.4) is 0 Å². The molecule has 0 radical (unpaired) electrons. The maximum Gasteiger partial charge on any atom is 0.225 e. The number of hydrogen-bond donors (Lipinski definition) is 1. The summed E-state index contributed by atoms with van der Waals surface area (Å²) in [7, 11) is -3.02. The van der Waals surface area contributed by atoms with Gasteiger partial charge >= 0.3 is 0 Å². The Morgan fingerprint density at radius 1 is 1.20 bits per heavy atom. The Morgan fingerprint density at radius 3 is 2.50 bits per heavy atom. The van der Waals surface area contributed by atoms with Crippen LogP contribution in [0.5, 0.6) is 0 Å². The summed E-state index contributed by atoms with van der Waals surface area (Å²) in [6, 6.07) is 12.6. The van der Waals surface area contributed by atoms with Crippen LogP contribution in [-0.2, 0) is 14.6 Å². The van der Waals surface area contributed by atoms with Crippen molar-refractivity contribution in [1.29, 1.82) is 5.26 Å². The van der Waals surface area contributed by atoms with Crippen LogP contribution < -0.4 is 10.6 Å². The van der Waals surface area contributed by atoms with E-state index in [2.05, 4.69) is 11.1 Å². The van der Waals surface area contributed by atoms with E-state index in [9.17, 15) is 27.3 Å². The van der Waals surface area contributed by atoms with Crippen LogP contribution in [0.25, 0.3) is 21.1 Å². The van der Waals surface area contributed by atoms with Crippen molar-refractivity contribution in [2.75, 3.05) is 29.5 Å². The second kappa shape index (κ2) is 10.9. The summed E-state index contributed by atoms with van der Waals surface area (Å²) >= 11 is 1.32. The lowest BCUT2D eigenvalue weighted by atomic mass is 9.58. The Balaban J connectivity index is 1.60. The Morgan fingerprint density at radius 2 is 1.90 bits per heavy atom. The van der Waals surface area contributed by atoms with Crippen molar-refractivity contribution >= 4 is 32.8 Å². The van der Waals surface area contributed by atoms with Gasteiger partial charge in [0.05, 0.1) is 51.4 Å². The summed E-state index contributed by atoms with van der Waals surface area (Å²) in [6.07, 6.45) is 0.148. The number of primary amides is 1. The van der Waals surface area contributed by atoms with Crippen molar-refractivity contribution in [2.45, 2.75) is 38.3 Å². The summed E-state index contributed by atoms with van der Waals surface area (Å²) in [5, 5.41) is 10.3. The fourth-order valence-electron chi connectivity index (χ4n) is 5.86. The van der Waals surface area contributed by atoms with Crippen LogP contribution in [0, 0.1) is 28.5 Å². The van der Waals surface area contributed by atoms with Gasteiger partial charge in [0.15, 0.2) is 9.84 Å². The molecule has 4 atom stereocenters. The minimum absolute atomic E-state index is 0.102. The Labute approximate surface area is 235 Å². The van der Waals surface area contributed by atoms with Crippen LogP contribution in [-0.4, -0.2) is 55.1 Å². The minimum atomic E-state index is -3.02. The number of amides is 1. The molecule has 5 rings (SSSR count). The highest BCUT2D eigenvalue weighted by atomic mass is 32.2. The van der Waals surface area contributed by atoms with Gasteiger partial charge in [-0.3, -0.25) is 9.78 Å². The van der Waals surface area contributed by atoms with Gasteiger partial charge in [-0.15, -0.1) is 11.3 Å². The molecule has 12 heteroatoms. The summed E-state index contributed by atoms with van der Waals surface area (Å²) < 4.78 is 52.1. The molecule has 1 saturated heterocycles. The number of nitrogens with two attached hydrogens (primary N) is 1. The Hall–Kier alpha value is -3.43. The van der Waals surface area contributed by atoms with E-state index in [4.69, 9.17) is 10.7 Å². The molecule has 3 aromatic rings. The van der Waals surface area contributed by atoms with Crippen molar-refractivity contribution < 1.29 is 22.0 Å². The summed E-state index contributed by atoms with van der Waals surface area (Å²) in [4.78, 5) is 24.8. The largest absolute Gasteiger partial charge is 0.369 e. The smallest absolute Gasteiger partial charge is 0.225 e. The van der Waals surface area contributed by atoms with E-state index >= 15 is 0 Å². The molecular formula is C28H29F2N5O3S2. The lowest BCUT2D eigenvalue weighted by Gasteiger charge is -2.44. The van der Waals surface area contributed by atoms with E-state index in [1.54, 1.807) is 6.92 Å². The SMILES string of the molecule is C[C@@H](C#N)C1(C(N)=O)CC(F)CCC1c1nc(-c2ccc(F)cn2)sc1-c1ccc(N2CCS(=O)(=O)CC2)cc1. The predicted molar refractivity (Wildman–Crippen MR) is 149 cm³/mol. The number of alkyl halides is 1. The van der Waals surface area contributed by atoms with Gasteiger partial charge < -0.3 is 10.6 Å². The van der Waals surface area contributed by atoms with E-state index in [1.807, 2.05) is 29.2 Å². The summed E-state index contributed by atoms with van der Waals surface area (Å²) in [6.45, 7) is 2.42. The van der Waals surface area contributed by atoms with Gasteiger partial charge in [0.25, 0.3) is 0 Å². The zero-order valence-electron chi connectivity index (χ0n) is 21.9. The van der Waals surface area contributed by atoms with Crippen molar-refractivity contribution in [3.05, 3.63) is 54.1 Å².